The molecule has 0 saturated carbocycles. The molecule has 0 spiro atoms. The van der Waals surface area contributed by atoms with Crippen molar-refractivity contribution < 1.29 is 27.9 Å². The first kappa shape index (κ1) is 23.8. The number of hydrogen-bond donors (Lipinski definition) is 2. The molecule has 1 unspecified atom stereocenters. The Morgan fingerprint density at radius 1 is 1.33 bits per heavy atom. The highest BCUT2D eigenvalue weighted by Crippen LogP contribution is 2.23. The molecule has 164 valence electrons. The number of aliphatic carboxylic acids is 1. The van der Waals surface area contributed by atoms with Gasteiger partial charge in [0.25, 0.3) is 0 Å². The highest BCUT2D eigenvalue weighted by Gasteiger charge is 2.38. The number of nitrogens with one attached hydrogen (secondary N) is 1. The van der Waals surface area contributed by atoms with Gasteiger partial charge in [-0.15, -0.1) is 11.3 Å². The number of aromatic nitrogens is 1. The third-order valence-electron chi connectivity index (χ3n) is 4.27. The van der Waals surface area contributed by atoms with Gasteiger partial charge in [-0.2, -0.15) is 13.2 Å². The molecule has 3 rings (SSSR count). The molecule has 2 N–H and O–H groups in total. The van der Waals surface area contributed by atoms with E-state index in [9.17, 15) is 18.0 Å². The summed E-state index contributed by atoms with van der Waals surface area (Å²) < 4.78 is 31.7. The maximum absolute atomic E-state index is 12.5. The molecule has 30 heavy (non-hydrogen) atoms. The molecule has 1 amide bonds. The SMILES string of the molecule is CN1CCNC(C(=O)N(C)Cc2csc(-c3ccccc3)n2)C1.O=C(O)C(F)(F)F. The largest absolute Gasteiger partial charge is 0.490 e. The molecule has 2 aromatic rings. The molecular weight excluding hydrogens is 421 g/mol. The Morgan fingerprint density at radius 3 is 2.53 bits per heavy atom. The van der Waals surface area contributed by atoms with E-state index in [4.69, 9.17) is 9.90 Å². The fourth-order valence-corrected chi connectivity index (χ4v) is 3.56. The predicted molar refractivity (Wildman–Crippen MR) is 107 cm³/mol. The lowest BCUT2D eigenvalue weighted by Crippen LogP contribution is -2.56. The summed E-state index contributed by atoms with van der Waals surface area (Å²) in [5, 5.41) is 13.5. The number of alkyl halides is 3. The van der Waals surface area contributed by atoms with Crippen LogP contribution in [0, 0.1) is 0 Å². The first-order chi connectivity index (χ1) is 14.1. The number of nitrogens with zero attached hydrogens (tertiary/aromatic N) is 3. The Morgan fingerprint density at radius 2 is 1.97 bits per heavy atom. The van der Waals surface area contributed by atoms with Gasteiger partial charge in [-0.1, -0.05) is 30.3 Å². The number of piperazine rings is 1. The summed E-state index contributed by atoms with van der Waals surface area (Å²) in [6.45, 7) is 3.15. The molecule has 0 bridgehead atoms. The molecule has 11 heteroatoms. The lowest BCUT2D eigenvalue weighted by atomic mass is 10.2. The Bertz CT molecular complexity index is 845. The maximum Gasteiger partial charge on any atom is 0.490 e. The fourth-order valence-electron chi connectivity index (χ4n) is 2.74. The van der Waals surface area contributed by atoms with E-state index in [1.165, 1.54) is 0 Å². The Hall–Kier alpha value is -2.50. The number of carboxylic acid groups (broad SMARTS) is 1. The second kappa shape index (κ2) is 10.5. The summed E-state index contributed by atoms with van der Waals surface area (Å²) >= 11 is 1.62. The van der Waals surface area contributed by atoms with Crippen molar-refractivity contribution >= 4 is 23.2 Å². The van der Waals surface area contributed by atoms with Crippen LogP contribution in [0.2, 0.25) is 0 Å². The fraction of sp³-hybridized carbons (Fsp3) is 0.421. The van der Waals surface area contributed by atoms with Gasteiger partial charge in [0.05, 0.1) is 18.3 Å². The number of benzene rings is 1. The van der Waals surface area contributed by atoms with Crippen LogP contribution in [0.1, 0.15) is 5.69 Å². The van der Waals surface area contributed by atoms with E-state index in [0.29, 0.717) is 6.54 Å². The first-order valence-electron chi connectivity index (χ1n) is 9.04. The van der Waals surface area contributed by atoms with Crippen molar-refractivity contribution in [3.05, 3.63) is 41.4 Å². The van der Waals surface area contributed by atoms with Gasteiger partial charge in [-0.3, -0.25) is 4.79 Å². The third-order valence-corrected chi connectivity index (χ3v) is 5.21. The molecule has 0 aliphatic carbocycles. The van der Waals surface area contributed by atoms with Gasteiger partial charge >= 0.3 is 12.1 Å². The van der Waals surface area contributed by atoms with Crippen LogP contribution < -0.4 is 5.32 Å². The molecule has 1 aromatic heterocycles. The molecule has 1 aromatic carbocycles. The number of rotatable bonds is 4. The van der Waals surface area contributed by atoms with Crippen molar-refractivity contribution in [1.82, 2.24) is 20.1 Å². The molecule has 0 radical (unpaired) electrons. The van der Waals surface area contributed by atoms with E-state index < -0.39 is 12.1 Å². The van der Waals surface area contributed by atoms with Crippen molar-refractivity contribution in [1.29, 1.82) is 0 Å². The van der Waals surface area contributed by atoms with E-state index in [-0.39, 0.29) is 11.9 Å². The summed E-state index contributed by atoms with van der Waals surface area (Å²) in [6, 6.07) is 10.0. The minimum Gasteiger partial charge on any atom is -0.475 e. The zero-order valence-corrected chi connectivity index (χ0v) is 17.3. The van der Waals surface area contributed by atoms with E-state index in [1.54, 1.807) is 16.2 Å². The molecule has 1 aliphatic rings. The average molecular weight is 444 g/mol. The van der Waals surface area contributed by atoms with E-state index in [2.05, 4.69) is 27.3 Å². The third kappa shape index (κ3) is 7.08. The molecule has 1 atom stereocenters. The van der Waals surface area contributed by atoms with Crippen LogP contribution in [0.5, 0.6) is 0 Å². The van der Waals surface area contributed by atoms with Crippen LogP contribution in [-0.4, -0.2) is 77.7 Å². The number of likely N-dealkylation sites (N-methyl/N-ethyl adjacent to an activating group) is 2. The van der Waals surface area contributed by atoms with Crippen LogP contribution in [-0.2, 0) is 16.1 Å². The van der Waals surface area contributed by atoms with Gasteiger partial charge < -0.3 is 20.2 Å². The second-order valence-electron chi connectivity index (χ2n) is 6.78. The highest BCUT2D eigenvalue weighted by molar-refractivity contribution is 7.13. The van der Waals surface area contributed by atoms with Crippen LogP contribution >= 0.6 is 11.3 Å². The number of hydrogen-bond acceptors (Lipinski definition) is 6. The van der Waals surface area contributed by atoms with Crippen LogP contribution in [0.25, 0.3) is 10.6 Å². The number of carbonyl (C=O) groups is 2. The summed E-state index contributed by atoms with van der Waals surface area (Å²) in [6.07, 6.45) is -5.08. The smallest absolute Gasteiger partial charge is 0.475 e. The minimum atomic E-state index is -5.08. The van der Waals surface area contributed by atoms with Crippen molar-refractivity contribution in [2.24, 2.45) is 0 Å². The second-order valence-corrected chi connectivity index (χ2v) is 7.63. The van der Waals surface area contributed by atoms with Crippen molar-refractivity contribution in [3.63, 3.8) is 0 Å². The van der Waals surface area contributed by atoms with Gasteiger partial charge in [0.1, 0.15) is 5.01 Å². The maximum atomic E-state index is 12.5. The Labute approximate surface area is 176 Å². The number of carboxylic acids is 1. The summed E-state index contributed by atoms with van der Waals surface area (Å²) in [7, 11) is 3.90. The number of thiazole rings is 1. The zero-order chi connectivity index (χ0) is 22.3. The monoisotopic (exact) mass is 444 g/mol. The number of carbonyl (C=O) groups excluding carboxylic acids is 1. The highest BCUT2D eigenvalue weighted by atomic mass is 32.1. The van der Waals surface area contributed by atoms with E-state index >= 15 is 0 Å². The van der Waals surface area contributed by atoms with Gasteiger partial charge in [-0.25, -0.2) is 9.78 Å². The normalized spacial score (nSPS) is 17.0. The van der Waals surface area contributed by atoms with Crippen molar-refractivity contribution in [3.8, 4) is 10.6 Å². The Balaban J connectivity index is 0.000000396. The molecule has 1 aliphatic heterocycles. The molecule has 7 nitrogen and oxygen atoms in total. The van der Waals surface area contributed by atoms with Crippen molar-refractivity contribution in [2.75, 3.05) is 33.7 Å². The first-order valence-corrected chi connectivity index (χ1v) is 9.92. The topological polar surface area (TPSA) is 85.8 Å². The summed E-state index contributed by atoms with van der Waals surface area (Å²) in [4.78, 5) is 30.0. The average Bonchev–Trinajstić information content (AvgIpc) is 3.16. The van der Waals surface area contributed by atoms with Crippen LogP contribution in [0.3, 0.4) is 0 Å². The lowest BCUT2D eigenvalue weighted by molar-refractivity contribution is -0.192. The van der Waals surface area contributed by atoms with E-state index in [1.807, 2.05) is 37.7 Å². The van der Waals surface area contributed by atoms with Gasteiger partial charge in [-0.05, 0) is 7.05 Å². The van der Waals surface area contributed by atoms with E-state index in [0.717, 1.165) is 35.9 Å². The standard InChI is InChI=1S/C17H22N4OS.C2HF3O2/c1-20-9-8-18-15(11-20)17(22)21(2)10-14-12-23-16(19-14)13-6-4-3-5-7-13;3-2(4,5)1(6)7/h3-7,12,15,18H,8-11H2,1-2H3;(H,6,7). The molecule has 2 heterocycles. The van der Waals surface area contributed by atoms with Crippen LogP contribution in [0.4, 0.5) is 13.2 Å². The lowest BCUT2D eigenvalue weighted by Gasteiger charge is -2.32. The predicted octanol–water partition coefficient (Wildman–Crippen LogP) is 2.31. The van der Waals surface area contributed by atoms with Crippen molar-refractivity contribution in [2.45, 2.75) is 18.8 Å². The van der Waals surface area contributed by atoms with Gasteiger partial charge in [0.15, 0.2) is 0 Å². The quantitative estimate of drug-likeness (QED) is 0.753. The zero-order valence-electron chi connectivity index (χ0n) is 16.5. The summed E-state index contributed by atoms with van der Waals surface area (Å²) in [5.41, 5.74) is 2.06. The van der Waals surface area contributed by atoms with Gasteiger partial charge in [0.2, 0.25) is 5.91 Å². The number of amides is 1. The summed E-state index contributed by atoms with van der Waals surface area (Å²) in [5.74, 6) is -2.63. The van der Waals surface area contributed by atoms with Gasteiger partial charge in [0, 0.05) is 37.6 Å². The minimum absolute atomic E-state index is 0.119. The molecular formula is C19H23F3N4O3S. The molecule has 1 saturated heterocycles. The Kier molecular flexibility index (Phi) is 8.33. The number of halogens is 3. The van der Waals surface area contributed by atoms with Crippen LogP contribution in [0.15, 0.2) is 35.7 Å². The molecule has 1 fully saturated rings.